The number of aryl methyl sites for hydroxylation is 1. The van der Waals surface area contributed by atoms with Crippen LogP contribution in [-0.2, 0) is 13.1 Å². The normalized spacial score (nSPS) is 15.5. The SMILES string of the molecule is Cc1nc(CN)cc2cc(CNCC3CCC3)cnc12. The van der Waals surface area contributed by atoms with E-state index in [0.717, 1.165) is 41.3 Å². The molecule has 1 aliphatic rings. The quantitative estimate of drug-likeness (QED) is 0.875. The van der Waals surface area contributed by atoms with Gasteiger partial charge in [-0.2, -0.15) is 0 Å². The van der Waals surface area contributed by atoms with Crippen LogP contribution in [0, 0.1) is 12.8 Å². The number of hydrogen-bond acceptors (Lipinski definition) is 4. The lowest BCUT2D eigenvalue weighted by atomic mass is 9.85. The Hall–Kier alpha value is -1.52. The Morgan fingerprint density at radius 1 is 1.35 bits per heavy atom. The fourth-order valence-corrected chi connectivity index (χ4v) is 2.74. The molecule has 3 N–H and O–H groups in total. The Balaban J connectivity index is 1.74. The highest BCUT2D eigenvalue weighted by atomic mass is 14.9. The van der Waals surface area contributed by atoms with Crippen molar-refractivity contribution in [1.29, 1.82) is 0 Å². The lowest BCUT2D eigenvalue weighted by Crippen LogP contribution is -2.26. The summed E-state index contributed by atoms with van der Waals surface area (Å²) in [6.45, 7) is 4.48. The highest BCUT2D eigenvalue weighted by Gasteiger charge is 2.16. The molecule has 1 fully saturated rings. The van der Waals surface area contributed by atoms with E-state index in [1.165, 1.54) is 24.8 Å². The maximum absolute atomic E-state index is 5.69. The van der Waals surface area contributed by atoms with Crippen molar-refractivity contribution in [3.05, 3.63) is 35.3 Å². The first-order valence-corrected chi connectivity index (χ1v) is 7.42. The van der Waals surface area contributed by atoms with Crippen LogP contribution in [0.1, 0.15) is 36.2 Å². The second kappa shape index (κ2) is 5.85. The molecule has 0 radical (unpaired) electrons. The van der Waals surface area contributed by atoms with Gasteiger partial charge in [0, 0.05) is 24.7 Å². The van der Waals surface area contributed by atoms with Crippen LogP contribution in [0.4, 0.5) is 0 Å². The second-order valence-electron chi connectivity index (χ2n) is 5.75. The first-order chi connectivity index (χ1) is 9.76. The Morgan fingerprint density at radius 3 is 2.90 bits per heavy atom. The van der Waals surface area contributed by atoms with Crippen LogP contribution in [-0.4, -0.2) is 16.5 Å². The van der Waals surface area contributed by atoms with Gasteiger partial charge < -0.3 is 11.1 Å². The van der Waals surface area contributed by atoms with Gasteiger partial charge in [0.1, 0.15) is 0 Å². The van der Waals surface area contributed by atoms with E-state index in [1.54, 1.807) is 0 Å². The van der Waals surface area contributed by atoms with E-state index in [-0.39, 0.29) is 0 Å². The van der Waals surface area contributed by atoms with Crippen molar-refractivity contribution >= 4 is 10.9 Å². The third-order valence-electron chi connectivity index (χ3n) is 4.15. The van der Waals surface area contributed by atoms with E-state index in [4.69, 9.17) is 5.73 Å². The van der Waals surface area contributed by atoms with Gasteiger partial charge in [-0.15, -0.1) is 0 Å². The predicted molar refractivity (Wildman–Crippen MR) is 81.2 cm³/mol. The Bertz CT molecular complexity index is 605. The first kappa shape index (κ1) is 13.5. The van der Waals surface area contributed by atoms with Crippen LogP contribution in [0.5, 0.6) is 0 Å². The smallest absolute Gasteiger partial charge is 0.0914 e. The molecule has 0 amide bonds. The fourth-order valence-electron chi connectivity index (χ4n) is 2.74. The van der Waals surface area contributed by atoms with E-state index >= 15 is 0 Å². The average molecular weight is 270 g/mol. The topological polar surface area (TPSA) is 63.8 Å². The summed E-state index contributed by atoms with van der Waals surface area (Å²) in [5, 5.41) is 4.67. The van der Waals surface area contributed by atoms with Gasteiger partial charge in [-0.3, -0.25) is 9.97 Å². The monoisotopic (exact) mass is 270 g/mol. The summed E-state index contributed by atoms with van der Waals surface area (Å²) in [6.07, 6.45) is 6.12. The molecule has 4 heteroatoms. The van der Waals surface area contributed by atoms with Gasteiger partial charge in [-0.25, -0.2) is 0 Å². The van der Waals surface area contributed by atoms with Gasteiger partial charge in [0.25, 0.3) is 0 Å². The van der Waals surface area contributed by atoms with Crippen LogP contribution < -0.4 is 11.1 Å². The van der Waals surface area contributed by atoms with Gasteiger partial charge in [-0.1, -0.05) is 6.42 Å². The molecule has 0 spiro atoms. The molecule has 2 aromatic heterocycles. The van der Waals surface area contributed by atoms with Crippen molar-refractivity contribution in [3.63, 3.8) is 0 Å². The second-order valence-corrected chi connectivity index (χ2v) is 5.75. The summed E-state index contributed by atoms with van der Waals surface area (Å²) >= 11 is 0. The van der Waals surface area contributed by atoms with Crippen LogP contribution in [0.15, 0.2) is 18.3 Å². The fraction of sp³-hybridized carbons (Fsp3) is 0.500. The summed E-state index contributed by atoms with van der Waals surface area (Å²) in [6, 6.07) is 4.24. The molecule has 2 aromatic rings. The van der Waals surface area contributed by atoms with Crippen LogP contribution >= 0.6 is 0 Å². The lowest BCUT2D eigenvalue weighted by Gasteiger charge is -2.25. The molecule has 0 atom stereocenters. The van der Waals surface area contributed by atoms with Crippen molar-refractivity contribution < 1.29 is 0 Å². The molecule has 0 aliphatic heterocycles. The van der Waals surface area contributed by atoms with Crippen LogP contribution in [0.25, 0.3) is 10.9 Å². The third-order valence-corrected chi connectivity index (χ3v) is 4.15. The largest absolute Gasteiger partial charge is 0.325 e. The van der Waals surface area contributed by atoms with Gasteiger partial charge in [0.15, 0.2) is 0 Å². The summed E-state index contributed by atoms with van der Waals surface area (Å²) in [5.74, 6) is 0.888. The summed E-state index contributed by atoms with van der Waals surface area (Å²) in [4.78, 5) is 9.00. The highest BCUT2D eigenvalue weighted by molar-refractivity contribution is 5.81. The number of hydrogen-bond donors (Lipinski definition) is 2. The van der Waals surface area contributed by atoms with Crippen molar-refractivity contribution in [2.45, 2.75) is 39.3 Å². The minimum absolute atomic E-state index is 0.473. The number of nitrogens with two attached hydrogens (primary N) is 1. The number of aromatic nitrogens is 2. The third kappa shape index (κ3) is 2.81. The van der Waals surface area contributed by atoms with E-state index in [1.807, 2.05) is 19.2 Å². The van der Waals surface area contributed by atoms with Crippen molar-refractivity contribution in [3.8, 4) is 0 Å². The molecular weight excluding hydrogens is 248 g/mol. The molecule has 1 aliphatic carbocycles. The van der Waals surface area contributed by atoms with Crippen LogP contribution in [0.2, 0.25) is 0 Å². The molecule has 1 saturated carbocycles. The molecular formula is C16H22N4. The van der Waals surface area contributed by atoms with E-state index in [9.17, 15) is 0 Å². The maximum atomic E-state index is 5.69. The molecule has 0 unspecified atom stereocenters. The Kier molecular flexibility index (Phi) is 3.94. The number of nitrogens with zero attached hydrogens (tertiary/aromatic N) is 2. The van der Waals surface area contributed by atoms with E-state index in [2.05, 4.69) is 21.4 Å². The number of nitrogens with one attached hydrogen (secondary N) is 1. The summed E-state index contributed by atoms with van der Waals surface area (Å²) < 4.78 is 0. The molecule has 106 valence electrons. The predicted octanol–water partition coefficient (Wildman–Crippen LogP) is 2.29. The number of pyridine rings is 2. The molecule has 0 bridgehead atoms. The van der Waals surface area contributed by atoms with Gasteiger partial charge >= 0.3 is 0 Å². The average Bonchev–Trinajstić information content (AvgIpc) is 2.41. The Labute approximate surface area is 119 Å². The molecule has 3 rings (SSSR count). The zero-order valence-electron chi connectivity index (χ0n) is 12.0. The lowest BCUT2D eigenvalue weighted by molar-refractivity contribution is 0.301. The molecule has 4 nitrogen and oxygen atoms in total. The summed E-state index contributed by atoms with van der Waals surface area (Å²) in [7, 11) is 0. The van der Waals surface area contributed by atoms with Crippen molar-refractivity contribution in [1.82, 2.24) is 15.3 Å². The minimum atomic E-state index is 0.473. The van der Waals surface area contributed by atoms with E-state index in [0.29, 0.717) is 6.54 Å². The molecule has 0 aromatic carbocycles. The first-order valence-electron chi connectivity index (χ1n) is 7.42. The van der Waals surface area contributed by atoms with Gasteiger partial charge in [0.2, 0.25) is 0 Å². The molecule has 0 saturated heterocycles. The number of fused-ring (bicyclic) bond motifs is 1. The van der Waals surface area contributed by atoms with Crippen molar-refractivity contribution in [2.24, 2.45) is 11.7 Å². The maximum Gasteiger partial charge on any atom is 0.0914 e. The zero-order chi connectivity index (χ0) is 13.9. The van der Waals surface area contributed by atoms with Gasteiger partial charge in [-0.05, 0) is 49.9 Å². The molecule has 2 heterocycles. The van der Waals surface area contributed by atoms with E-state index < -0.39 is 0 Å². The summed E-state index contributed by atoms with van der Waals surface area (Å²) in [5.41, 5.74) is 9.77. The number of rotatable bonds is 5. The zero-order valence-corrected chi connectivity index (χ0v) is 12.0. The van der Waals surface area contributed by atoms with Gasteiger partial charge in [0.05, 0.1) is 16.9 Å². The minimum Gasteiger partial charge on any atom is -0.325 e. The standard InChI is InChI=1S/C16H22N4/c1-11-16-14(6-15(7-17)20-11)5-13(10-19-16)9-18-8-12-3-2-4-12/h5-6,10,12,18H,2-4,7-9,17H2,1H3. The molecule has 20 heavy (non-hydrogen) atoms. The highest BCUT2D eigenvalue weighted by Crippen LogP contribution is 2.25. The van der Waals surface area contributed by atoms with Crippen LogP contribution in [0.3, 0.4) is 0 Å². The Morgan fingerprint density at radius 2 is 2.20 bits per heavy atom. The van der Waals surface area contributed by atoms with Crippen molar-refractivity contribution in [2.75, 3.05) is 6.54 Å².